The Morgan fingerprint density at radius 3 is 0.694 bits per heavy atom. The van der Waals surface area contributed by atoms with Crippen LogP contribution in [0.3, 0.4) is 0 Å². The second-order valence-electron chi connectivity index (χ2n) is 29.9. The largest absolute Gasteiger partial charge is 0.472 e. The summed E-state index contributed by atoms with van der Waals surface area (Å²) in [7, 11) is -9.92. The number of carbonyl (C=O) groups is 4. The second-order valence-corrected chi connectivity index (χ2v) is 32.8. The van der Waals surface area contributed by atoms with Gasteiger partial charge < -0.3 is 33.8 Å². The van der Waals surface area contributed by atoms with Gasteiger partial charge in [-0.2, -0.15) is 0 Å². The molecule has 0 saturated carbocycles. The number of phosphoric acid groups is 2. The molecule has 17 nitrogen and oxygen atoms in total. The van der Waals surface area contributed by atoms with Gasteiger partial charge in [-0.1, -0.05) is 357 Å². The summed E-state index contributed by atoms with van der Waals surface area (Å²) in [5.41, 5.74) is 0. The topological polar surface area (TPSA) is 237 Å². The Hall–Kier alpha value is -1.94. The first-order valence-electron chi connectivity index (χ1n) is 40.8. The molecule has 0 fully saturated rings. The van der Waals surface area contributed by atoms with Gasteiger partial charge in [0.15, 0.2) is 12.2 Å². The van der Waals surface area contributed by atoms with Gasteiger partial charge in [0.1, 0.15) is 19.3 Å². The average molecular weight is 1440 g/mol. The van der Waals surface area contributed by atoms with Crippen LogP contribution in [0.15, 0.2) is 0 Å². The Morgan fingerprint density at radius 1 is 0.276 bits per heavy atom. The van der Waals surface area contributed by atoms with Crippen molar-refractivity contribution >= 4 is 39.5 Å². The van der Waals surface area contributed by atoms with Gasteiger partial charge in [0, 0.05) is 25.7 Å². The Bertz CT molecular complexity index is 1900. The van der Waals surface area contributed by atoms with Crippen molar-refractivity contribution in [2.45, 2.75) is 426 Å². The summed E-state index contributed by atoms with van der Waals surface area (Å²) in [6, 6.07) is 0. The van der Waals surface area contributed by atoms with E-state index in [1.54, 1.807) is 0 Å². The predicted molar refractivity (Wildman–Crippen MR) is 400 cm³/mol. The second kappa shape index (κ2) is 69.4. The van der Waals surface area contributed by atoms with Crippen molar-refractivity contribution in [3.05, 3.63) is 0 Å². The highest BCUT2D eigenvalue weighted by Gasteiger charge is 2.30. The Labute approximate surface area is 600 Å². The summed E-state index contributed by atoms with van der Waals surface area (Å²) in [6.45, 7) is 11.9. The molecule has 582 valence electrons. The van der Waals surface area contributed by atoms with E-state index in [9.17, 15) is 43.2 Å². The maximum absolute atomic E-state index is 13.1. The number of aliphatic hydroxyl groups excluding tert-OH is 1. The summed E-state index contributed by atoms with van der Waals surface area (Å²) in [5.74, 6) is 0.136. The maximum Gasteiger partial charge on any atom is 0.472 e. The Balaban J connectivity index is 5.21. The van der Waals surface area contributed by atoms with E-state index in [1.807, 2.05) is 0 Å². The lowest BCUT2D eigenvalue weighted by Gasteiger charge is -2.21. The molecule has 0 aliphatic rings. The molecule has 0 aromatic rings. The van der Waals surface area contributed by atoms with Crippen LogP contribution in [0, 0.1) is 17.8 Å². The molecule has 0 spiro atoms. The van der Waals surface area contributed by atoms with Crippen LogP contribution in [0.2, 0.25) is 0 Å². The number of rotatable bonds is 77. The molecule has 0 aliphatic heterocycles. The van der Waals surface area contributed by atoms with Crippen LogP contribution < -0.4 is 0 Å². The lowest BCUT2D eigenvalue weighted by molar-refractivity contribution is -0.161. The van der Waals surface area contributed by atoms with Crippen LogP contribution in [0.5, 0.6) is 0 Å². The summed E-state index contributed by atoms with van der Waals surface area (Å²) in [6.07, 6.45) is 57.1. The predicted octanol–water partition coefficient (Wildman–Crippen LogP) is 23.4. The molecular formula is C79H154O17P2. The summed E-state index contributed by atoms with van der Waals surface area (Å²) < 4.78 is 68.6. The van der Waals surface area contributed by atoms with Gasteiger partial charge in [0.2, 0.25) is 0 Å². The van der Waals surface area contributed by atoms with E-state index in [0.717, 1.165) is 108 Å². The minimum atomic E-state index is -4.96. The third-order valence-corrected chi connectivity index (χ3v) is 20.3. The van der Waals surface area contributed by atoms with Gasteiger partial charge >= 0.3 is 39.5 Å². The molecule has 3 N–H and O–H groups in total. The molecule has 0 rings (SSSR count). The van der Waals surface area contributed by atoms with Crippen molar-refractivity contribution in [3.63, 3.8) is 0 Å². The summed E-state index contributed by atoms with van der Waals surface area (Å²) in [5, 5.41) is 10.6. The molecule has 0 bridgehead atoms. The fraction of sp³-hybridized carbons (Fsp3) is 0.949. The lowest BCUT2D eigenvalue weighted by atomic mass is 10.0. The van der Waals surface area contributed by atoms with Gasteiger partial charge in [-0.15, -0.1) is 0 Å². The molecule has 0 radical (unpaired) electrons. The fourth-order valence-electron chi connectivity index (χ4n) is 12.1. The van der Waals surface area contributed by atoms with E-state index in [-0.39, 0.29) is 25.7 Å². The van der Waals surface area contributed by atoms with E-state index >= 15 is 0 Å². The number of hydrogen-bond donors (Lipinski definition) is 3. The van der Waals surface area contributed by atoms with Crippen molar-refractivity contribution in [2.75, 3.05) is 39.6 Å². The molecule has 0 aromatic heterocycles. The van der Waals surface area contributed by atoms with Gasteiger partial charge in [-0.25, -0.2) is 9.13 Å². The molecule has 0 heterocycles. The third kappa shape index (κ3) is 72.4. The van der Waals surface area contributed by atoms with Crippen molar-refractivity contribution in [1.82, 2.24) is 0 Å². The molecule has 0 amide bonds. The number of hydrogen-bond acceptors (Lipinski definition) is 15. The first-order valence-corrected chi connectivity index (χ1v) is 43.8. The quantitative estimate of drug-likeness (QED) is 0.0222. The van der Waals surface area contributed by atoms with E-state index in [2.05, 4.69) is 48.5 Å². The molecule has 98 heavy (non-hydrogen) atoms. The number of ether oxygens (including phenoxy) is 4. The monoisotopic (exact) mass is 1440 g/mol. The van der Waals surface area contributed by atoms with Gasteiger partial charge in [0.05, 0.1) is 26.4 Å². The first kappa shape index (κ1) is 96.1. The highest BCUT2D eigenvalue weighted by molar-refractivity contribution is 7.47. The fourth-order valence-corrected chi connectivity index (χ4v) is 13.7. The number of carbonyl (C=O) groups excluding carboxylic acids is 4. The van der Waals surface area contributed by atoms with Crippen molar-refractivity contribution < 1.29 is 80.2 Å². The number of unbranched alkanes of at least 4 members (excludes halogenated alkanes) is 45. The molecule has 0 saturated heterocycles. The Kier molecular flexibility index (Phi) is 68.1. The standard InChI is InChI=1S/C79H154O17P2/c1-8-9-10-11-12-13-14-15-20-24-27-33-38-46-53-60-76(81)89-66-74(95-78(83)62-55-48-39-34-28-25-22-19-17-16-18-21-23-26-31-36-43-50-57-70(2)3)68-93-97(85,86)91-64-73(80)65-92-98(87,88)94-69-75(67-90-77(82)61-54-47-42-41-45-52-59-72(6)7)96-79(84)63-56-49-40-35-30-29-32-37-44-51-58-71(4)5/h70-75,80H,8-69H2,1-7H3,(H,85,86)(H,87,88)/t73-,74-,75-/m1/s1. The molecule has 19 heteroatoms. The SMILES string of the molecule is CCCCCCCCCCCCCCCCCC(=O)OC[C@H](COP(=O)(O)OC[C@@H](O)COP(=O)(O)OC[C@@H](COC(=O)CCCCCCCCC(C)C)OC(=O)CCCCCCCCCCCCC(C)C)OC(=O)CCCCCCCCCCCCCCCCCCCCC(C)C. The summed E-state index contributed by atoms with van der Waals surface area (Å²) in [4.78, 5) is 72.9. The number of esters is 4. The van der Waals surface area contributed by atoms with Crippen LogP contribution in [0.4, 0.5) is 0 Å². The maximum atomic E-state index is 13.1. The van der Waals surface area contributed by atoms with Crippen LogP contribution in [-0.4, -0.2) is 96.7 Å². The van der Waals surface area contributed by atoms with Crippen molar-refractivity contribution in [1.29, 1.82) is 0 Å². The average Bonchev–Trinajstić information content (AvgIpc) is 0.972. The van der Waals surface area contributed by atoms with Crippen molar-refractivity contribution in [3.8, 4) is 0 Å². The van der Waals surface area contributed by atoms with Crippen LogP contribution in [0.25, 0.3) is 0 Å². The minimum absolute atomic E-state index is 0.105. The van der Waals surface area contributed by atoms with E-state index in [1.165, 1.54) is 212 Å². The molecule has 5 atom stereocenters. The number of phosphoric ester groups is 2. The molecular weight excluding hydrogens is 1280 g/mol. The molecule has 0 aliphatic carbocycles. The smallest absolute Gasteiger partial charge is 0.462 e. The normalized spacial score (nSPS) is 14.0. The third-order valence-electron chi connectivity index (χ3n) is 18.4. The Morgan fingerprint density at radius 2 is 0.469 bits per heavy atom. The van der Waals surface area contributed by atoms with Crippen LogP contribution >= 0.6 is 15.6 Å². The van der Waals surface area contributed by atoms with Crippen LogP contribution in [-0.2, 0) is 65.4 Å². The lowest BCUT2D eigenvalue weighted by Crippen LogP contribution is -2.30. The number of aliphatic hydroxyl groups is 1. The molecule has 2 unspecified atom stereocenters. The van der Waals surface area contributed by atoms with Gasteiger partial charge in [-0.3, -0.25) is 37.3 Å². The van der Waals surface area contributed by atoms with E-state index in [4.69, 9.17) is 37.0 Å². The molecule has 0 aromatic carbocycles. The van der Waals surface area contributed by atoms with Crippen molar-refractivity contribution in [2.24, 2.45) is 17.8 Å². The first-order chi connectivity index (χ1) is 47.2. The zero-order valence-corrected chi connectivity index (χ0v) is 66.0. The highest BCUT2D eigenvalue weighted by atomic mass is 31.2. The van der Waals surface area contributed by atoms with Crippen LogP contribution in [0.1, 0.15) is 408 Å². The zero-order valence-electron chi connectivity index (χ0n) is 64.3. The van der Waals surface area contributed by atoms with E-state index in [0.29, 0.717) is 31.6 Å². The van der Waals surface area contributed by atoms with Gasteiger partial charge in [-0.05, 0) is 43.4 Å². The van der Waals surface area contributed by atoms with E-state index < -0.39 is 97.5 Å². The van der Waals surface area contributed by atoms with Gasteiger partial charge in [0.25, 0.3) is 0 Å². The summed E-state index contributed by atoms with van der Waals surface area (Å²) >= 11 is 0. The minimum Gasteiger partial charge on any atom is -0.462 e. The highest BCUT2D eigenvalue weighted by Crippen LogP contribution is 2.45. The zero-order chi connectivity index (χ0) is 72.3.